The van der Waals surface area contributed by atoms with Crippen molar-refractivity contribution in [3.63, 3.8) is 0 Å². The normalized spacial score (nSPS) is 15.4. The fourth-order valence-electron chi connectivity index (χ4n) is 2.83. The molecule has 1 aromatic rings. The number of anilines is 1. The highest BCUT2D eigenvalue weighted by molar-refractivity contribution is 9.10. The lowest BCUT2D eigenvalue weighted by atomic mass is 10.1. The Morgan fingerprint density at radius 3 is 2.24 bits per heavy atom. The smallest absolute Gasteiger partial charge is 0.410 e. The largest absolute Gasteiger partial charge is 0.490 e. The zero-order valence-electron chi connectivity index (χ0n) is 17.2. The maximum Gasteiger partial charge on any atom is 0.410 e. The number of rotatable bonds is 6. The number of hydrogen-bond acceptors (Lipinski definition) is 4. The minimum absolute atomic E-state index is 0.316. The fourth-order valence-corrected chi connectivity index (χ4v) is 3.26. The van der Waals surface area contributed by atoms with E-state index in [0.29, 0.717) is 31.9 Å². The summed E-state index contributed by atoms with van der Waals surface area (Å²) in [6.45, 7) is 5.94. The minimum atomic E-state index is -2.64. The van der Waals surface area contributed by atoms with Crippen LogP contribution in [0.15, 0.2) is 16.6 Å². The van der Waals surface area contributed by atoms with Gasteiger partial charge >= 0.3 is 6.09 Å². The third-order valence-corrected chi connectivity index (χ3v) is 5.36. The average Bonchev–Trinajstić information content (AvgIpc) is 2.67. The van der Waals surface area contributed by atoms with Crippen LogP contribution < -0.4 is 9.64 Å². The fraction of sp³-hybridized carbons (Fsp3) is 0.650. The van der Waals surface area contributed by atoms with Crippen LogP contribution in [-0.4, -0.2) is 68.4 Å². The van der Waals surface area contributed by atoms with Gasteiger partial charge < -0.3 is 19.3 Å². The summed E-state index contributed by atoms with van der Waals surface area (Å²) in [6, 6.07) is 3.37. The van der Waals surface area contributed by atoms with E-state index < -0.39 is 31.2 Å². The van der Waals surface area contributed by atoms with Crippen molar-refractivity contribution < 1.29 is 27.4 Å². The van der Waals surface area contributed by atoms with Crippen LogP contribution in [0.3, 0.4) is 0 Å². The Morgan fingerprint density at radius 1 is 1.14 bits per heavy atom. The van der Waals surface area contributed by atoms with Crippen LogP contribution in [0.1, 0.15) is 26.3 Å². The molecule has 2 rings (SSSR count). The Kier molecular flexibility index (Phi) is 7.70. The first kappa shape index (κ1) is 23.6. The minimum Gasteiger partial charge on any atom is -0.490 e. The number of ether oxygens (including phenoxy) is 2. The van der Waals surface area contributed by atoms with E-state index in [1.807, 2.05) is 27.7 Å². The van der Waals surface area contributed by atoms with E-state index in [0.717, 1.165) is 15.7 Å². The molecule has 0 aromatic heterocycles. The van der Waals surface area contributed by atoms with Gasteiger partial charge in [0.2, 0.25) is 5.67 Å². The predicted molar refractivity (Wildman–Crippen MR) is 110 cm³/mol. The van der Waals surface area contributed by atoms with Crippen molar-refractivity contribution in [1.29, 1.82) is 0 Å². The standard InChI is InChI=1S/C20H28BrF3N2O3/c1-14-16(21)9-15(28-13-20(24,11-22)12-23)10-17(14)25-5-7-26(8-6-25)18(27)29-19(2,3)4/h9-10H,5-8,11-13H2,1-4H3. The molecule has 0 radical (unpaired) electrons. The number of carbonyl (C=O) groups excluding carboxylic acids is 1. The molecular formula is C20H28BrF3N2O3. The molecule has 1 heterocycles. The van der Waals surface area contributed by atoms with Gasteiger partial charge in [0.1, 0.15) is 31.3 Å². The van der Waals surface area contributed by atoms with Crippen LogP contribution in [0.5, 0.6) is 5.75 Å². The molecule has 1 aliphatic rings. The van der Waals surface area contributed by atoms with E-state index in [1.165, 1.54) is 0 Å². The molecule has 1 aromatic carbocycles. The first-order valence-corrected chi connectivity index (χ1v) is 10.2. The number of benzene rings is 1. The SMILES string of the molecule is Cc1c(Br)cc(OCC(F)(CF)CF)cc1N1CCN(C(=O)OC(C)(C)C)CC1. The topological polar surface area (TPSA) is 42.0 Å². The molecule has 0 atom stereocenters. The number of piperazine rings is 1. The summed E-state index contributed by atoms with van der Waals surface area (Å²) < 4.78 is 50.8. The van der Waals surface area contributed by atoms with Gasteiger partial charge in [0.15, 0.2) is 0 Å². The molecule has 5 nitrogen and oxygen atoms in total. The van der Waals surface area contributed by atoms with Crippen molar-refractivity contribution in [3.8, 4) is 5.75 Å². The summed E-state index contributed by atoms with van der Waals surface area (Å²) in [5.74, 6) is 0.316. The summed E-state index contributed by atoms with van der Waals surface area (Å²) in [5.41, 5.74) is -1.39. The zero-order chi connectivity index (χ0) is 21.8. The second kappa shape index (κ2) is 9.45. The Labute approximate surface area is 178 Å². The van der Waals surface area contributed by atoms with Crippen LogP contribution in [-0.2, 0) is 4.74 Å². The number of nitrogens with zero attached hydrogens (tertiary/aromatic N) is 2. The molecular weight excluding hydrogens is 453 g/mol. The molecule has 0 bridgehead atoms. The molecule has 0 N–H and O–H groups in total. The van der Waals surface area contributed by atoms with E-state index in [4.69, 9.17) is 9.47 Å². The van der Waals surface area contributed by atoms with E-state index in [9.17, 15) is 18.0 Å². The third-order valence-electron chi connectivity index (χ3n) is 4.54. The van der Waals surface area contributed by atoms with Gasteiger partial charge in [-0.25, -0.2) is 18.0 Å². The monoisotopic (exact) mass is 480 g/mol. The van der Waals surface area contributed by atoms with Crippen molar-refractivity contribution in [1.82, 2.24) is 4.90 Å². The summed E-state index contributed by atoms with van der Waals surface area (Å²) >= 11 is 3.45. The van der Waals surface area contributed by atoms with Crippen molar-refractivity contribution in [2.75, 3.05) is 51.0 Å². The Balaban J connectivity index is 2.07. The van der Waals surface area contributed by atoms with E-state index in [1.54, 1.807) is 17.0 Å². The summed E-state index contributed by atoms with van der Waals surface area (Å²) in [5, 5.41) is 0. The average molecular weight is 481 g/mol. The second-order valence-corrected chi connectivity index (χ2v) is 9.06. The van der Waals surface area contributed by atoms with Gasteiger partial charge in [-0.1, -0.05) is 15.9 Å². The Morgan fingerprint density at radius 2 is 1.72 bits per heavy atom. The summed E-state index contributed by atoms with van der Waals surface area (Å²) in [6.07, 6.45) is -0.344. The van der Waals surface area contributed by atoms with Gasteiger partial charge in [0.05, 0.1) is 0 Å². The lowest BCUT2D eigenvalue weighted by Crippen LogP contribution is -2.50. The van der Waals surface area contributed by atoms with Gasteiger partial charge in [-0.3, -0.25) is 0 Å². The van der Waals surface area contributed by atoms with Gasteiger partial charge in [-0.15, -0.1) is 0 Å². The van der Waals surface area contributed by atoms with Crippen LogP contribution in [0.2, 0.25) is 0 Å². The van der Waals surface area contributed by atoms with Crippen LogP contribution >= 0.6 is 15.9 Å². The number of carbonyl (C=O) groups is 1. The van der Waals surface area contributed by atoms with Crippen molar-refractivity contribution >= 4 is 27.7 Å². The lowest BCUT2D eigenvalue weighted by Gasteiger charge is -2.37. The molecule has 0 saturated carbocycles. The van der Waals surface area contributed by atoms with E-state index >= 15 is 0 Å². The first-order chi connectivity index (χ1) is 13.5. The predicted octanol–water partition coefficient (Wildman–Crippen LogP) is 4.84. The van der Waals surface area contributed by atoms with Gasteiger partial charge in [-0.2, -0.15) is 0 Å². The second-order valence-electron chi connectivity index (χ2n) is 8.21. The highest BCUT2D eigenvalue weighted by Crippen LogP contribution is 2.34. The van der Waals surface area contributed by atoms with Gasteiger partial charge in [-0.05, 0) is 39.3 Å². The third kappa shape index (κ3) is 6.42. The van der Waals surface area contributed by atoms with Crippen LogP contribution in [0, 0.1) is 6.92 Å². The van der Waals surface area contributed by atoms with Crippen molar-refractivity contribution in [3.05, 3.63) is 22.2 Å². The Hall–Kier alpha value is -1.64. The van der Waals surface area contributed by atoms with E-state index in [-0.39, 0.29) is 6.09 Å². The number of halogens is 4. The first-order valence-electron chi connectivity index (χ1n) is 9.45. The summed E-state index contributed by atoms with van der Waals surface area (Å²) in [4.78, 5) is 16.0. The molecule has 1 fully saturated rings. The molecule has 1 saturated heterocycles. The number of amides is 1. The maximum atomic E-state index is 13.9. The quantitative estimate of drug-likeness (QED) is 0.584. The maximum absolute atomic E-state index is 13.9. The molecule has 1 amide bonds. The number of hydrogen-bond donors (Lipinski definition) is 0. The van der Waals surface area contributed by atoms with Gasteiger partial charge in [0, 0.05) is 42.4 Å². The van der Waals surface area contributed by atoms with Crippen molar-refractivity contribution in [2.45, 2.75) is 39.0 Å². The van der Waals surface area contributed by atoms with Gasteiger partial charge in [0.25, 0.3) is 0 Å². The molecule has 0 spiro atoms. The molecule has 0 unspecified atom stereocenters. The molecule has 29 heavy (non-hydrogen) atoms. The van der Waals surface area contributed by atoms with Crippen LogP contribution in [0.25, 0.3) is 0 Å². The lowest BCUT2D eigenvalue weighted by molar-refractivity contribution is 0.0240. The molecule has 164 valence electrons. The summed E-state index contributed by atoms with van der Waals surface area (Å²) in [7, 11) is 0. The van der Waals surface area contributed by atoms with Crippen molar-refractivity contribution in [2.24, 2.45) is 0 Å². The molecule has 9 heteroatoms. The number of alkyl halides is 3. The molecule has 0 aliphatic carbocycles. The van der Waals surface area contributed by atoms with Crippen LogP contribution in [0.4, 0.5) is 23.7 Å². The van der Waals surface area contributed by atoms with E-state index in [2.05, 4.69) is 20.8 Å². The Bertz CT molecular complexity index is 716. The zero-order valence-corrected chi connectivity index (χ0v) is 18.8. The highest BCUT2D eigenvalue weighted by atomic mass is 79.9. The molecule has 1 aliphatic heterocycles. The highest BCUT2D eigenvalue weighted by Gasteiger charge is 2.32.